The van der Waals surface area contributed by atoms with Crippen molar-refractivity contribution in [2.75, 3.05) is 26.2 Å². The minimum Gasteiger partial charge on any atom is -0.334 e. The van der Waals surface area contributed by atoms with Gasteiger partial charge >= 0.3 is 0 Å². The molecule has 2 amide bonds. The summed E-state index contributed by atoms with van der Waals surface area (Å²) in [5, 5.41) is 8.98. The van der Waals surface area contributed by atoms with Crippen LogP contribution in [0.25, 0.3) is 11.3 Å². The highest BCUT2D eigenvalue weighted by Gasteiger charge is 2.26. The van der Waals surface area contributed by atoms with Gasteiger partial charge < -0.3 is 9.80 Å². The van der Waals surface area contributed by atoms with E-state index in [1.807, 2.05) is 47.8 Å². The lowest BCUT2D eigenvalue weighted by atomic mass is 10.1. The van der Waals surface area contributed by atoms with Crippen LogP contribution in [-0.2, 0) is 0 Å². The Morgan fingerprint density at radius 1 is 0.923 bits per heavy atom. The summed E-state index contributed by atoms with van der Waals surface area (Å²) in [6, 6.07) is 15.2. The third kappa shape index (κ3) is 3.25. The number of amides is 2. The molecule has 1 aliphatic heterocycles. The monoisotopic (exact) mass is 366 g/mol. The van der Waals surface area contributed by atoms with Gasteiger partial charge in [0.25, 0.3) is 11.8 Å². The molecule has 1 N–H and O–H groups in total. The molecule has 2 aromatic heterocycles. The Balaban J connectivity index is 1.40. The number of rotatable bonds is 3. The smallest absolute Gasteiger partial charge is 0.272 e. The SMILES string of the molecule is O=C(c1cc(-c2ccccc2)n[nH]1)N1CCN(C(=O)c2cccs2)CC1. The normalized spacial score (nSPS) is 14.5. The van der Waals surface area contributed by atoms with E-state index in [-0.39, 0.29) is 11.8 Å². The van der Waals surface area contributed by atoms with Gasteiger partial charge in [-0.2, -0.15) is 5.10 Å². The van der Waals surface area contributed by atoms with Crippen molar-refractivity contribution in [3.63, 3.8) is 0 Å². The largest absolute Gasteiger partial charge is 0.334 e. The third-order valence-electron chi connectivity index (χ3n) is 4.46. The number of carbonyl (C=O) groups excluding carboxylic acids is 2. The molecular formula is C19H18N4O2S. The maximum Gasteiger partial charge on any atom is 0.272 e. The van der Waals surface area contributed by atoms with Crippen LogP contribution in [0.2, 0.25) is 0 Å². The van der Waals surface area contributed by atoms with Crippen molar-refractivity contribution in [1.29, 1.82) is 0 Å². The molecule has 1 fully saturated rings. The van der Waals surface area contributed by atoms with Gasteiger partial charge in [-0.3, -0.25) is 14.7 Å². The zero-order valence-corrected chi connectivity index (χ0v) is 14.9. The molecule has 1 aromatic carbocycles. The van der Waals surface area contributed by atoms with Crippen LogP contribution in [-0.4, -0.2) is 58.0 Å². The molecule has 1 aliphatic rings. The van der Waals surface area contributed by atoms with Crippen molar-refractivity contribution in [2.45, 2.75) is 0 Å². The number of carbonyl (C=O) groups is 2. The van der Waals surface area contributed by atoms with Crippen LogP contribution in [0.4, 0.5) is 0 Å². The summed E-state index contributed by atoms with van der Waals surface area (Å²) in [5.74, 6) is -0.0390. The number of hydrogen-bond acceptors (Lipinski definition) is 4. The highest BCUT2D eigenvalue weighted by molar-refractivity contribution is 7.12. The van der Waals surface area contributed by atoms with Crippen molar-refractivity contribution in [2.24, 2.45) is 0 Å². The van der Waals surface area contributed by atoms with Gasteiger partial charge in [0.15, 0.2) is 0 Å². The molecule has 1 saturated heterocycles. The van der Waals surface area contributed by atoms with Crippen LogP contribution in [0.15, 0.2) is 53.9 Å². The summed E-state index contributed by atoms with van der Waals surface area (Å²) in [7, 11) is 0. The second kappa shape index (κ2) is 7.13. The summed E-state index contributed by atoms with van der Waals surface area (Å²) >= 11 is 1.44. The van der Waals surface area contributed by atoms with Crippen LogP contribution in [0.3, 0.4) is 0 Å². The van der Waals surface area contributed by atoms with Gasteiger partial charge in [0.1, 0.15) is 5.69 Å². The topological polar surface area (TPSA) is 69.3 Å². The third-order valence-corrected chi connectivity index (χ3v) is 5.32. The van der Waals surface area contributed by atoms with Crippen molar-refractivity contribution >= 4 is 23.2 Å². The number of aromatic amines is 1. The van der Waals surface area contributed by atoms with Crippen molar-refractivity contribution in [1.82, 2.24) is 20.0 Å². The summed E-state index contributed by atoms with van der Waals surface area (Å²) in [5.41, 5.74) is 2.19. The highest BCUT2D eigenvalue weighted by Crippen LogP contribution is 2.19. The Morgan fingerprint density at radius 2 is 1.62 bits per heavy atom. The standard InChI is InChI=1S/C19H18N4O2S/c24-18(16-13-15(20-21-16)14-5-2-1-3-6-14)22-8-10-23(11-9-22)19(25)17-7-4-12-26-17/h1-7,12-13H,8-11H2,(H,20,21). The van der Waals surface area contributed by atoms with E-state index in [0.29, 0.717) is 31.9 Å². The second-order valence-corrected chi connectivity index (χ2v) is 7.04. The lowest BCUT2D eigenvalue weighted by molar-refractivity contribution is 0.0535. The molecule has 3 heterocycles. The number of benzene rings is 1. The fraction of sp³-hybridized carbons (Fsp3) is 0.211. The summed E-state index contributed by atoms with van der Waals surface area (Å²) < 4.78 is 0. The zero-order valence-electron chi connectivity index (χ0n) is 14.1. The maximum absolute atomic E-state index is 12.7. The van der Waals surface area contributed by atoms with Gasteiger partial charge in [-0.25, -0.2) is 0 Å². The molecule has 0 spiro atoms. The van der Waals surface area contributed by atoms with Gasteiger partial charge in [-0.1, -0.05) is 36.4 Å². The van der Waals surface area contributed by atoms with Crippen molar-refractivity contribution in [3.05, 3.63) is 64.5 Å². The average Bonchev–Trinajstić information content (AvgIpc) is 3.40. The average molecular weight is 366 g/mol. The Hall–Kier alpha value is -2.93. The van der Waals surface area contributed by atoms with Crippen molar-refractivity contribution < 1.29 is 9.59 Å². The number of thiophene rings is 1. The minimum absolute atomic E-state index is 0.0417. The summed E-state index contributed by atoms with van der Waals surface area (Å²) in [6.07, 6.45) is 0. The molecule has 0 radical (unpaired) electrons. The van der Waals surface area contributed by atoms with Crippen LogP contribution in [0.1, 0.15) is 20.2 Å². The molecule has 0 saturated carbocycles. The van der Waals surface area contributed by atoms with E-state index in [1.54, 1.807) is 15.9 Å². The quantitative estimate of drug-likeness (QED) is 0.775. The Bertz CT molecular complexity index is 897. The minimum atomic E-state index is -0.0806. The van der Waals surface area contributed by atoms with Crippen LogP contribution >= 0.6 is 11.3 Å². The fourth-order valence-electron chi connectivity index (χ4n) is 3.03. The first-order valence-corrected chi connectivity index (χ1v) is 9.33. The van der Waals surface area contributed by atoms with E-state index >= 15 is 0 Å². The first kappa shape index (κ1) is 16.5. The van der Waals surface area contributed by atoms with E-state index in [0.717, 1.165) is 16.1 Å². The summed E-state index contributed by atoms with van der Waals surface area (Å²) in [6.45, 7) is 2.13. The van der Waals surface area contributed by atoms with E-state index < -0.39 is 0 Å². The van der Waals surface area contributed by atoms with Crippen LogP contribution in [0.5, 0.6) is 0 Å². The Morgan fingerprint density at radius 3 is 2.27 bits per heavy atom. The van der Waals surface area contributed by atoms with E-state index in [4.69, 9.17) is 0 Å². The van der Waals surface area contributed by atoms with E-state index in [2.05, 4.69) is 10.2 Å². The van der Waals surface area contributed by atoms with Crippen molar-refractivity contribution in [3.8, 4) is 11.3 Å². The van der Waals surface area contributed by atoms with Gasteiger partial charge in [0, 0.05) is 31.7 Å². The molecular weight excluding hydrogens is 348 g/mol. The number of aromatic nitrogens is 2. The van der Waals surface area contributed by atoms with E-state index in [9.17, 15) is 9.59 Å². The Kier molecular flexibility index (Phi) is 4.53. The second-order valence-electron chi connectivity index (χ2n) is 6.09. The number of piperazine rings is 1. The van der Waals surface area contributed by atoms with Gasteiger partial charge in [-0.15, -0.1) is 11.3 Å². The molecule has 0 aliphatic carbocycles. The number of nitrogens with zero attached hydrogens (tertiary/aromatic N) is 3. The highest BCUT2D eigenvalue weighted by atomic mass is 32.1. The molecule has 132 valence electrons. The fourth-order valence-corrected chi connectivity index (χ4v) is 3.72. The molecule has 0 unspecified atom stereocenters. The zero-order chi connectivity index (χ0) is 17.9. The Labute approximate surface area is 155 Å². The molecule has 6 nitrogen and oxygen atoms in total. The molecule has 4 rings (SSSR count). The predicted octanol–water partition coefficient (Wildman–Crippen LogP) is 2.74. The molecule has 0 bridgehead atoms. The van der Waals surface area contributed by atoms with Gasteiger partial charge in [0.2, 0.25) is 0 Å². The lowest BCUT2D eigenvalue weighted by Crippen LogP contribution is -2.50. The van der Waals surface area contributed by atoms with Gasteiger partial charge in [-0.05, 0) is 17.5 Å². The van der Waals surface area contributed by atoms with Crippen LogP contribution < -0.4 is 0 Å². The lowest BCUT2D eigenvalue weighted by Gasteiger charge is -2.34. The first-order chi connectivity index (χ1) is 12.7. The van der Waals surface area contributed by atoms with E-state index in [1.165, 1.54) is 11.3 Å². The predicted molar refractivity (Wildman–Crippen MR) is 100 cm³/mol. The molecule has 26 heavy (non-hydrogen) atoms. The molecule has 0 atom stereocenters. The maximum atomic E-state index is 12.7. The molecule has 7 heteroatoms. The number of H-pyrrole nitrogens is 1. The molecule has 3 aromatic rings. The first-order valence-electron chi connectivity index (χ1n) is 8.45. The van der Waals surface area contributed by atoms with Gasteiger partial charge in [0.05, 0.1) is 10.6 Å². The van der Waals surface area contributed by atoms with Crippen LogP contribution in [0, 0.1) is 0 Å². The number of nitrogens with one attached hydrogen (secondary N) is 1. The summed E-state index contributed by atoms with van der Waals surface area (Å²) in [4.78, 5) is 29.4. The number of hydrogen-bond donors (Lipinski definition) is 1.